The van der Waals surface area contributed by atoms with Crippen LogP contribution < -0.4 is 15.9 Å². The maximum absolute atomic E-state index is 11.0. The van der Waals surface area contributed by atoms with Gasteiger partial charge in [0, 0.05) is 0 Å². The number of carbonyl (C=O) groups is 1. The second-order valence-corrected chi connectivity index (χ2v) is 18.6. The topological polar surface area (TPSA) is 26.3 Å². The van der Waals surface area contributed by atoms with Crippen LogP contribution >= 0.6 is 26.3 Å². The summed E-state index contributed by atoms with van der Waals surface area (Å²) in [6, 6.07) is 33.0. The molecule has 0 aliphatic rings. The molecule has 0 saturated heterocycles. The summed E-state index contributed by atoms with van der Waals surface area (Å²) in [6.07, 6.45) is 5.14. The second-order valence-electron chi connectivity index (χ2n) is 7.87. The predicted molar refractivity (Wildman–Crippen MR) is 144 cm³/mol. The molecule has 0 N–H and O–H groups in total. The fraction of sp³-hybridized carbons (Fsp3) is 0.222. The van der Waals surface area contributed by atoms with Gasteiger partial charge < -0.3 is 0 Å². The van der Waals surface area contributed by atoms with Crippen molar-refractivity contribution >= 4 is 48.2 Å². The van der Waals surface area contributed by atoms with E-state index in [-0.39, 0.29) is 5.97 Å². The fourth-order valence-corrected chi connectivity index (χ4v) is 12.8. The monoisotopic (exact) mass is 544 g/mol. The second kappa shape index (κ2) is 10.6. The van der Waals surface area contributed by atoms with Crippen molar-refractivity contribution in [1.29, 1.82) is 0 Å². The van der Waals surface area contributed by atoms with Crippen LogP contribution in [0, 0.1) is 0 Å². The van der Waals surface area contributed by atoms with Gasteiger partial charge in [-0.2, -0.15) is 0 Å². The van der Waals surface area contributed by atoms with Gasteiger partial charge in [0.25, 0.3) is 0 Å². The Bertz CT molecular complexity index is 917. The number of allylic oxidation sites excluding steroid dienone is 1. The zero-order valence-corrected chi connectivity index (χ0v) is 21.3. The molecule has 0 atom stereocenters. The van der Waals surface area contributed by atoms with Crippen LogP contribution in [0.15, 0.2) is 103 Å². The molecule has 4 heteroatoms. The van der Waals surface area contributed by atoms with Gasteiger partial charge >= 0.3 is 200 Å². The van der Waals surface area contributed by atoms with Crippen LogP contribution in [0.1, 0.15) is 26.7 Å². The Hall–Kier alpha value is -1.97. The van der Waals surface area contributed by atoms with Gasteiger partial charge in [-0.25, -0.2) is 0 Å². The average Bonchev–Trinajstić information content (AvgIpc) is 2.80. The van der Waals surface area contributed by atoms with Gasteiger partial charge in [0.15, 0.2) is 0 Å². The summed E-state index contributed by atoms with van der Waals surface area (Å²) in [5.41, 5.74) is 1.26. The first-order chi connectivity index (χ1) is 14.9. The van der Waals surface area contributed by atoms with Crippen molar-refractivity contribution in [3.05, 3.63) is 103 Å². The Labute approximate surface area is 199 Å². The van der Waals surface area contributed by atoms with E-state index in [0.29, 0.717) is 6.61 Å². The molecule has 2 nitrogen and oxygen atoms in total. The molecule has 3 aromatic carbocycles. The fourth-order valence-electron chi connectivity index (χ4n) is 4.11. The van der Waals surface area contributed by atoms with E-state index in [4.69, 9.17) is 4.74 Å². The van der Waals surface area contributed by atoms with Crippen molar-refractivity contribution in [2.75, 3.05) is 12.8 Å². The van der Waals surface area contributed by atoms with Gasteiger partial charge in [-0.15, -0.1) is 0 Å². The molecule has 0 saturated carbocycles. The molecule has 0 unspecified atom stereocenters. The molecular formula is C27H30IO2P. The summed E-state index contributed by atoms with van der Waals surface area (Å²) >= 11 is 2.83. The molecule has 0 radical (unpaired) electrons. The molecule has 0 spiro atoms. The summed E-state index contributed by atoms with van der Waals surface area (Å²) in [5.74, 6) is -0.238. The van der Waals surface area contributed by atoms with Gasteiger partial charge in [-0.3, -0.25) is 0 Å². The van der Waals surface area contributed by atoms with Crippen molar-refractivity contribution in [1.82, 2.24) is 0 Å². The zero-order chi connectivity index (χ0) is 22.2. The van der Waals surface area contributed by atoms with E-state index in [2.05, 4.69) is 120 Å². The molecule has 0 amide bonds. The van der Waals surface area contributed by atoms with Crippen LogP contribution in [-0.4, -0.2) is 18.7 Å². The Morgan fingerprint density at radius 1 is 0.806 bits per heavy atom. The predicted octanol–water partition coefficient (Wildman–Crippen LogP) is 6.16. The standard InChI is InChI=1S/C27H30IO2P/c1-23(20-21-30-24(2)29)13-12-22-31(28,25-14-6-3-7-15-25,26-16-8-4-9-17-26)27-18-10-5-11-19-27/h3-11,14-20H,12-13,21-22H2,1-2H3/b23-20+. The van der Waals surface area contributed by atoms with E-state index >= 15 is 0 Å². The minimum absolute atomic E-state index is 0.238. The number of benzene rings is 3. The van der Waals surface area contributed by atoms with E-state index in [1.807, 2.05) is 6.08 Å². The molecule has 162 valence electrons. The molecule has 3 aromatic rings. The molecule has 0 aromatic heterocycles. The number of ether oxygens (including phenoxy) is 1. The van der Waals surface area contributed by atoms with Gasteiger partial charge in [0.1, 0.15) is 0 Å². The number of carbonyl (C=O) groups excluding carboxylic acids is 1. The number of hydrogen-bond donors (Lipinski definition) is 0. The Morgan fingerprint density at radius 3 is 1.61 bits per heavy atom. The first-order valence-corrected chi connectivity index (χ1v) is 15.8. The number of rotatable bonds is 9. The van der Waals surface area contributed by atoms with Crippen molar-refractivity contribution in [3.63, 3.8) is 0 Å². The van der Waals surface area contributed by atoms with Crippen molar-refractivity contribution in [2.24, 2.45) is 0 Å². The molecule has 0 heterocycles. The summed E-state index contributed by atoms with van der Waals surface area (Å²) in [7, 11) is 0. The third-order valence-corrected chi connectivity index (χ3v) is 17.5. The quantitative estimate of drug-likeness (QED) is 0.140. The molecule has 0 bridgehead atoms. The summed E-state index contributed by atoms with van der Waals surface area (Å²) in [5, 5.41) is 4.23. The molecule has 0 aliphatic carbocycles. The van der Waals surface area contributed by atoms with E-state index < -0.39 is 4.25 Å². The SMILES string of the molecule is CC(=O)OC/C=C(\C)CCCP(I)(c1ccccc1)(c1ccccc1)c1ccccc1. The van der Waals surface area contributed by atoms with E-state index in [1.165, 1.54) is 28.4 Å². The molecule has 0 aliphatic heterocycles. The van der Waals surface area contributed by atoms with Crippen LogP contribution in [0.3, 0.4) is 0 Å². The van der Waals surface area contributed by atoms with E-state index in [0.717, 1.165) is 19.0 Å². The molecule has 3 rings (SSSR count). The normalized spacial score (nSPS) is 13.3. The van der Waals surface area contributed by atoms with Crippen LogP contribution in [0.25, 0.3) is 0 Å². The summed E-state index contributed by atoms with van der Waals surface area (Å²) in [6.45, 7) is 3.92. The number of esters is 1. The number of hydrogen-bond acceptors (Lipinski definition) is 2. The van der Waals surface area contributed by atoms with Crippen LogP contribution in [-0.2, 0) is 9.53 Å². The van der Waals surface area contributed by atoms with Crippen LogP contribution in [0.5, 0.6) is 0 Å². The van der Waals surface area contributed by atoms with E-state index in [1.54, 1.807) is 0 Å². The maximum atomic E-state index is 11.0. The first kappa shape index (κ1) is 23.7. The van der Waals surface area contributed by atoms with E-state index in [9.17, 15) is 4.79 Å². The van der Waals surface area contributed by atoms with Crippen molar-refractivity contribution in [2.45, 2.75) is 26.7 Å². The van der Waals surface area contributed by atoms with Crippen molar-refractivity contribution in [3.8, 4) is 0 Å². The minimum atomic E-state index is -2.70. The Balaban J connectivity index is 2.04. The van der Waals surface area contributed by atoms with Crippen molar-refractivity contribution < 1.29 is 9.53 Å². The molecular weight excluding hydrogens is 514 g/mol. The first-order valence-electron chi connectivity index (χ1n) is 10.6. The Morgan fingerprint density at radius 2 is 1.23 bits per heavy atom. The third-order valence-electron chi connectivity index (χ3n) is 5.75. The average molecular weight is 544 g/mol. The van der Waals surface area contributed by atoms with Gasteiger partial charge in [-0.1, -0.05) is 0 Å². The van der Waals surface area contributed by atoms with Crippen LogP contribution in [0.4, 0.5) is 0 Å². The van der Waals surface area contributed by atoms with Crippen LogP contribution in [0.2, 0.25) is 0 Å². The zero-order valence-electron chi connectivity index (χ0n) is 18.2. The summed E-state index contributed by atoms with van der Waals surface area (Å²) in [4.78, 5) is 11.0. The Kier molecular flexibility index (Phi) is 8.07. The molecule has 0 fully saturated rings. The van der Waals surface area contributed by atoms with Gasteiger partial charge in [0.2, 0.25) is 0 Å². The molecule has 31 heavy (non-hydrogen) atoms. The number of halogens is 1. The van der Waals surface area contributed by atoms with Gasteiger partial charge in [0.05, 0.1) is 0 Å². The third kappa shape index (κ3) is 5.27. The van der Waals surface area contributed by atoms with Gasteiger partial charge in [-0.05, 0) is 0 Å². The summed E-state index contributed by atoms with van der Waals surface area (Å²) < 4.78 is 2.38.